The van der Waals surface area contributed by atoms with E-state index >= 15 is 0 Å². The highest BCUT2D eigenvalue weighted by molar-refractivity contribution is 7.54. The maximum Gasteiger partial charge on any atom is 0.350 e. The zero-order valence-corrected chi connectivity index (χ0v) is 23.2. The van der Waals surface area contributed by atoms with E-state index in [0.717, 1.165) is 28.3 Å². The van der Waals surface area contributed by atoms with Crippen molar-refractivity contribution in [2.45, 2.75) is 73.1 Å². The molecule has 34 heavy (non-hydrogen) atoms. The molecule has 0 aliphatic carbocycles. The lowest BCUT2D eigenvalue weighted by molar-refractivity contribution is 0.220. The third-order valence-electron chi connectivity index (χ3n) is 5.45. The van der Waals surface area contributed by atoms with Crippen LogP contribution in [0.2, 0.25) is 0 Å². The lowest BCUT2D eigenvalue weighted by atomic mass is 9.79. The van der Waals surface area contributed by atoms with Gasteiger partial charge in [0.15, 0.2) is 0 Å². The lowest BCUT2D eigenvalue weighted by Gasteiger charge is -2.33. The molecule has 0 radical (unpaired) electrons. The number of nitrogens with zero attached hydrogens (tertiary/aromatic N) is 1. The molecular weight excluding hydrogens is 449 g/mol. The normalized spacial score (nSPS) is 12.6. The second kappa shape index (κ2) is 11.2. The Labute approximate surface area is 205 Å². The highest BCUT2D eigenvalue weighted by Crippen LogP contribution is 2.52. The number of hydrogen-bond donors (Lipinski definition) is 1. The largest absolute Gasteiger partial charge is 0.507 e. The number of rotatable bonds is 10. The minimum absolute atomic E-state index is 0.0423. The van der Waals surface area contributed by atoms with Gasteiger partial charge < -0.3 is 23.8 Å². The van der Waals surface area contributed by atoms with E-state index < -0.39 is 7.60 Å². The molecule has 6 nitrogen and oxygen atoms in total. The summed E-state index contributed by atoms with van der Waals surface area (Å²) in [5.41, 5.74) is 2.70. The van der Waals surface area contributed by atoms with Gasteiger partial charge in [-0.15, -0.1) is 0 Å². The second-order valence-corrected chi connectivity index (χ2v) is 12.4. The molecule has 0 saturated carbocycles. The summed E-state index contributed by atoms with van der Waals surface area (Å²) in [7, 11) is -3.42. The number of hydrogen-bond acceptors (Lipinski definition) is 6. The van der Waals surface area contributed by atoms with Gasteiger partial charge in [0.05, 0.1) is 19.8 Å². The molecule has 0 unspecified atom stereocenters. The van der Waals surface area contributed by atoms with Crippen LogP contribution in [0.1, 0.15) is 73.4 Å². The monoisotopic (exact) mass is 491 g/mol. The molecular formula is C27H42NO5P. The van der Waals surface area contributed by atoms with Crippen molar-refractivity contribution in [2.24, 2.45) is 0 Å². The van der Waals surface area contributed by atoms with Crippen molar-refractivity contribution in [1.82, 2.24) is 0 Å². The number of ether oxygens (including phenoxy) is 1. The van der Waals surface area contributed by atoms with Crippen molar-refractivity contribution in [3.8, 4) is 11.5 Å². The molecule has 0 aliphatic heterocycles. The van der Waals surface area contributed by atoms with Crippen molar-refractivity contribution in [1.29, 1.82) is 0 Å². The van der Waals surface area contributed by atoms with Crippen LogP contribution in [0, 0.1) is 0 Å². The lowest BCUT2D eigenvalue weighted by Crippen LogP contribution is -2.23. The number of phenols is 1. The third-order valence-corrected chi connectivity index (χ3v) is 7.38. The highest BCUT2D eigenvalue weighted by atomic mass is 31.2. The van der Waals surface area contributed by atoms with Crippen LogP contribution in [-0.2, 0) is 24.4 Å². The van der Waals surface area contributed by atoms with Gasteiger partial charge in [-0.1, -0.05) is 41.5 Å². The Morgan fingerprint density at radius 1 is 0.794 bits per heavy atom. The molecule has 0 amide bonds. The van der Waals surface area contributed by atoms with E-state index in [2.05, 4.69) is 41.5 Å². The van der Waals surface area contributed by atoms with Crippen molar-refractivity contribution < 1.29 is 23.5 Å². The van der Waals surface area contributed by atoms with Crippen LogP contribution >= 0.6 is 7.60 Å². The van der Waals surface area contributed by atoms with Crippen LogP contribution in [0.5, 0.6) is 11.5 Å². The van der Waals surface area contributed by atoms with E-state index in [9.17, 15) is 9.67 Å². The Hall–Kier alpha value is -2.01. The van der Waals surface area contributed by atoms with E-state index in [1.54, 1.807) is 0 Å². The van der Waals surface area contributed by atoms with Crippen LogP contribution in [-0.4, -0.2) is 31.2 Å². The first kappa shape index (κ1) is 28.2. The van der Waals surface area contributed by atoms with Crippen molar-refractivity contribution in [2.75, 3.05) is 31.0 Å². The molecule has 0 atom stereocenters. The van der Waals surface area contributed by atoms with Crippen molar-refractivity contribution in [3.05, 3.63) is 47.5 Å². The average Bonchev–Trinajstić information content (AvgIpc) is 2.72. The minimum atomic E-state index is -3.42. The molecule has 0 spiro atoms. The first-order valence-electron chi connectivity index (χ1n) is 12.0. The van der Waals surface area contributed by atoms with Gasteiger partial charge in [0.2, 0.25) is 0 Å². The van der Waals surface area contributed by atoms with Gasteiger partial charge in [0, 0.05) is 22.5 Å². The van der Waals surface area contributed by atoms with Crippen LogP contribution in [0.3, 0.4) is 0 Å². The van der Waals surface area contributed by atoms with Crippen LogP contribution < -0.4 is 9.64 Å². The molecule has 2 rings (SSSR count). The summed E-state index contributed by atoms with van der Waals surface area (Å²) >= 11 is 0. The van der Waals surface area contributed by atoms with E-state index in [1.807, 2.05) is 62.1 Å². The summed E-state index contributed by atoms with van der Waals surface area (Å²) in [4.78, 5) is 1.95. The fourth-order valence-electron chi connectivity index (χ4n) is 3.81. The number of phenolic OH excluding ortho intramolecular Hbond substituents is 1. The maximum atomic E-state index is 13.6. The van der Waals surface area contributed by atoms with Gasteiger partial charge in [-0.05, 0) is 68.0 Å². The summed E-state index contributed by atoms with van der Waals surface area (Å²) in [5.74, 6) is 1.06. The second-order valence-electron chi connectivity index (χ2n) is 10.3. The standard InChI is InChI=1S/C27H42NO5P/c1-10-31-22-15-13-20(14-16-22)28(19-34(30,32-11-2)33-12-3)21-17-23(26(4,5)6)25(29)24(18-21)27(7,8)9/h13-18,29H,10-12,19H2,1-9H3. The number of benzene rings is 2. The fourth-order valence-corrected chi connectivity index (χ4v) is 5.50. The van der Waals surface area contributed by atoms with Crippen molar-refractivity contribution >= 4 is 19.0 Å². The summed E-state index contributed by atoms with van der Waals surface area (Å²) < 4.78 is 30.5. The quantitative estimate of drug-likeness (QED) is 0.343. The Morgan fingerprint density at radius 2 is 1.26 bits per heavy atom. The first-order valence-corrected chi connectivity index (χ1v) is 13.7. The SMILES string of the molecule is CCOc1ccc(N(CP(=O)(OCC)OCC)c2cc(C(C)(C)C)c(O)c(C(C)(C)C)c2)cc1. The van der Waals surface area contributed by atoms with E-state index in [1.165, 1.54) is 0 Å². The minimum Gasteiger partial charge on any atom is -0.507 e. The Kier molecular flexibility index (Phi) is 9.26. The predicted molar refractivity (Wildman–Crippen MR) is 141 cm³/mol. The van der Waals surface area contributed by atoms with Crippen molar-refractivity contribution in [3.63, 3.8) is 0 Å². The van der Waals surface area contributed by atoms with Gasteiger partial charge in [0.1, 0.15) is 17.8 Å². The molecule has 7 heteroatoms. The number of aromatic hydroxyl groups is 1. The fraction of sp³-hybridized carbons (Fsp3) is 0.556. The molecule has 0 fully saturated rings. The van der Waals surface area contributed by atoms with Gasteiger partial charge >= 0.3 is 7.60 Å². The van der Waals surface area contributed by atoms with Crippen LogP contribution in [0.25, 0.3) is 0 Å². The van der Waals surface area contributed by atoms with Crippen LogP contribution in [0.15, 0.2) is 36.4 Å². The molecule has 0 bridgehead atoms. The van der Waals surface area contributed by atoms with Gasteiger partial charge in [-0.2, -0.15) is 0 Å². The first-order chi connectivity index (χ1) is 15.8. The van der Waals surface area contributed by atoms with E-state index in [0.29, 0.717) is 12.4 Å². The molecule has 2 aromatic rings. The molecule has 1 N–H and O–H groups in total. The maximum absolute atomic E-state index is 13.6. The van der Waals surface area contributed by atoms with Gasteiger partial charge in [0.25, 0.3) is 0 Å². The third kappa shape index (κ3) is 7.00. The van der Waals surface area contributed by atoms with Crippen LogP contribution in [0.4, 0.5) is 11.4 Å². The smallest absolute Gasteiger partial charge is 0.350 e. The molecule has 2 aromatic carbocycles. The molecule has 190 valence electrons. The molecule has 0 aromatic heterocycles. The topological polar surface area (TPSA) is 68.2 Å². The average molecular weight is 492 g/mol. The van der Waals surface area contributed by atoms with E-state index in [4.69, 9.17) is 13.8 Å². The summed E-state index contributed by atoms with van der Waals surface area (Å²) in [6.07, 6.45) is 0.0423. The van der Waals surface area contributed by atoms with Gasteiger partial charge in [-0.3, -0.25) is 4.57 Å². The van der Waals surface area contributed by atoms with Gasteiger partial charge in [-0.25, -0.2) is 0 Å². The Balaban J connectivity index is 2.76. The zero-order chi connectivity index (χ0) is 25.7. The molecule has 0 aliphatic rings. The summed E-state index contributed by atoms with van der Waals surface area (Å²) in [5, 5.41) is 11.2. The molecule has 0 saturated heterocycles. The predicted octanol–water partition coefficient (Wildman–Crippen LogP) is 7.75. The highest BCUT2D eigenvalue weighted by Gasteiger charge is 2.32. The number of anilines is 2. The Morgan fingerprint density at radius 3 is 1.65 bits per heavy atom. The zero-order valence-electron chi connectivity index (χ0n) is 22.3. The van der Waals surface area contributed by atoms with E-state index in [-0.39, 0.29) is 30.3 Å². The summed E-state index contributed by atoms with van der Waals surface area (Å²) in [6, 6.07) is 11.6. The Bertz CT molecular complexity index is 945. The summed E-state index contributed by atoms with van der Waals surface area (Å²) in [6.45, 7) is 19.1. The molecule has 0 heterocycles.